The molecule has 0 radical (unpaired) electrons. The normalized spacial score (nSPS) is 10.4. The van der Waals surface area contributed by atoms with E-state index in [1.54, 1.807) is 0 Å². The van der Waals surface area contributed by atoms with Crippen molar-refractivity contribution < 1.29 is 0 Å². The van der Waals surface area contributed by atoms with E-state index in [-0.39, 0.29) is 0 Å². The van der Waals surface area contributed by atoms with Crippen LogP contribution in [0.25, 0.3) is 0 Å². The Kier molecular flexibility index (Phi) is 4.38. The summed E-state index contributed by atoms with van der Waals surface area (Å²) in [6.07, 6.45) is 0. The number of hydrogen-bond acceptors (Lipinski definition) is 2. The molecule has 0 atom stereocenters. The van der Waals surface area contributed by atoms with Gasteiger partial charge in [0.05, 0.1) is 15.7 Å². The largest absolute Gasteiger partial charge is 0.398 e. The number of nitrogens with two attached hydrogens (primary N) is 1. The smallest absolute Gasteiger partial charge is 0.0835 e. The molecule has 2 rings (SSSR count). The van der Waals surface area contributed by atoms with E-state index in [9.17, 15) is 0 Å². The standard InChI is InChI=1S/C13H11BrCl2N2/c14-9-5-6-11(13(16)12(9)15)18-7-8-3-1-2-4-10(8)17/h1-6,18H,7,17H2. The number of nitrogens with one attached hydrogen (secondary N) is 1. The van der Waals surface area contributed by atoms with Gasteiger partial charge in [-0.15, -0.1) is 0 Å². The van der Waals surface area contributed by atoms with E-state index in [0.717, 1.165) is 21.4 Å². The fourth-order valence-corrected chi connectivity index (χ4v) is 2.39. The Morgan fingerprint density at radius 2 is 1.78 bits per heavy atom. The van der Waals surface area contributed by atoms with E-state index in [4.69, 9.17) is 28.9 Å². The minimum Gasteiger partial charge on any atom is -0.398 e. The van der Waals surface area contributed by atoms with Crippen LogP contribution in [0.5, 0.6) is 0 Å². The Morgan fingerprint density at radius 1 is 1.06 bits per heavy atom. The van der Waals surface area contributed by atoms with Gasteiger partial charge in [-0.2, -0.15) is 0 Å². The lowest BCUT2D eigenvalue weighted by Crippen LogP contribution is -2.03. The second-order valence-electron chi connectivity index (χ2n) is 3.78. The number of anilines is 2. The molecule has 0 amide bonds. The fourth-order valence-electron chi connectivity index (χ4n) is 1.55. The van der Waals surface area contributed by atoms with Crippen LogP contribution in [0.2, 0.25) is 10.0 Å². The third-order valence-corrected chi connectivity index (χ3v) is 4.33. The van der Waals surface area contributed by atoms with Crippen LogP contribution in [0.15, 0.2) is 40.9 Å². The molecule has 18 heavy (non-hydrogen) atoms. The molecule has 3 N–H and O–H groups in total. The molecule has 0 bridgehead atoms. The van der Waals surface area contributed by atoms with Crippen molar-refractivity contribution in [3.8, 4) is 0 Å². The lowest BCUT2D eigenvalue weighted by molar-refractivity contribution is 1.15. The van der Waals surface area contributed by atoms with Crippen molar-refractivity contribution in [3.05, 3.63) is 56.5 Å². The molecule has 0 heterocycles. The first kappa shape index (κ1) is 13.5. The number of halogens is 3. The summed E-state index contributed by atoms with van der Waals surface area (Å²) in [6, 6.07) is 11.4. The van der Waals surface area contributed by atoms with Gasteiger partial charge >= 0.3 is 0 Å². The molecular weight excluding hydrogens is 335 g/mol. The second-order valence-corrected chi connectivity index (χ2v) is 5.39. The third-order valence-electron chi connectivity index (χ3n) is 2.56. The first-order chi connectivity index (χ1) is 8.59. The highest BCUT2D eigenvalue weighted by Gasteiger charge is 2.08. The number of benzene rings is 2. The van der Waals surface area contributed by atoms with Crippen molar-refractivity contribution in [3.63, 3.8) is 0 Å². The minimum absolute atomic E-state index is 0.501. The van der Waals surface area contributed by atoms with Crippen molar-refractivity contribution in [1.82, 2.24) is 0 Å². The maximum atomic E-state index is 6.15. The summed E-state index contributed by atoms with van der Waals surface area (Å²) in [7, 11) is 0. The molecule has 0 saturated carbocycles. The van der Waals surface area contributed by atoms with Gasteiger partial charge in [-0.3, -0.25) is 0 Å². The van der Waals surface area contributed by atoms with Crippen LogP contribution in [-0.2, 0) is 6.54 Å². The average molecular weight is 346 g/mol. The summed E-state index contributed by atoms with van der Waals surface area (Å²) in [5.74, 6) is 0. The number of rotatable bonds is 3. The predicted molar refractivity (Wildman–Crippen MR) is 82.3 cm³/mol. The van der Waals surface area contributed by atoms with Gasteiger partial charge in [0.2, 0.25) is 0 Å². The van der Waals surface area contributed by atoms with Crippen LogP contribution in [0, 0.1) is 0 Å². The molecule has 94 valence electrons. The van der Waals surface area contributed by atoms with E-state index in [2.05, 4.69) is 21.2 Å². The lowest BCUT2D eigenvalue weighted by Gasteiger charge is -2.11. The molecule has 5 heteroatoms. The SMILES string of the molecule is Nc1ccccc1CNc1ccc(Br)c(Cl)c1Cl. The van der Waals surface area contributed by atoms with Crippen molar-refractivity contribution in [2.24, 2.45) is 0 Å². The summed E-state index contributed by atoms with van der Waals surface area (Å²) in [5, 5.41) is 4.22. The van der Waals surface area contributed by atoms with Crippen LogP contribution in [0.1, 0.15) is 5.56 Å². The summed E-state index contributed by atoms with van der Waals surface area (Å²) in [4.78, 5) is 0. The molecule has 0 spiro atoms. The molecule has 2 aromatic carbocycles. The molecular formula is C13H11BrCl2N2. The average Bonchev–Trinajstić information content (AvgIpc) is 2.37. The summed E-state index contributed by atoms with van der Waals surface area (Å²) >= 11 is 15.5. The predicted octanol–water partition coefficient (Wildman–Crippen LogP) is 4.95. The maximum absolute atomic E-state index is 6.15. The van der Waals surface area contributed by atoms with E-state index in [1.165, 1.54) is 0 Å². The van der Waals surface area contributed by atoms with E-state index >= 15 is 0 Å². The van der Waals surface area contributed by atoms with Gasteiger partial charge in [0, 0.05) is 16.7 Å². The van der Waals surface area contributed by atoms with Crippen molar-refractivity contribution in [2.75, 3.05) is 11.1 Å². The van der Waals surface area contributed by atoms with Gasteiger partial charge in [0.25, 0.3) is 0 Å². The second kappa shape index (κ2) is 5.83. The molecule has 0 unspecified atom stereocenters. The zero-order valence-electron chi connectivity index (χ0n) is 9.38. The van der Waals surface area contributed by atoms with Crippen LogP contribution in [0.4, 0.5) is 11.4 Å². The Morgan fingerprint density at radius 3 is 2.50 bits per heavy atom. The lowest BCUT2D eigenvalue weighted by atomic mass is 10.2. The van der Waals surface area contributed by atoms with Crippen molar-refractivity contribution in [2.45, 2.75) is 6.54 Å². The fraction of sp³-hybridized carbons (Fsp3) is 0.0769. The molecule has 0 saturated heterocycles. The Bertz CT molecular complexity index is 573. The van der Waals surface area contributed by atoms with Gasteiger partial charge in [0.1, 0.15) is 0 Å². The van der Waals surface area contributed by atoms with Crippen molar-refractivity contribution >= 4 is 50.5 Å². The quantitative estimate of drug-likeness (QED) is 0.610. The molecule has 0 aromatic heterocycles. The van der Waals surface area contributed by atoms with Crippen molar-refractivity contribution in [1.29, 1.82) is 0 Å². The first-order valence-electron chi connectivity index (χ1n) is 5.30. The maximum Gasteiger partial charge on any atom is 0.0835 e. The van der Waals surface area contributed by atoms with Gasteiger partial charge in [-0.05, 0) is 39.7 Å². The topological polar surface area (TPSA) is 38.0 Å². The zero-order chi connectivity index (χ0) is 13.1. The van der Waals surface area contributed by atoms with Gasteiger partial charge in [0.15, 0.2) is 0 Å². The molecule has 0 aliphatic rings. The van der Waals surface area contributed by atoms with Crippen LogP contribution < -0.4 is 11.1 Å². The van der Waals surface area contributed by atoms with Crippen LogP contribution >= 0.6 is 39.1 Å². The van der Waals surface area contributed by atoms with Crippen LogP contribution in [-0.4, -0.2) is 0 Å². The molecule has 2 aromatic rings. The van der Waals surface area contributed by atoms with Gasteiger partial charge < -0.3 is 11.1 Å². The number of para-hydroxylation sites is 1. The van der Waals surface area contributed by atoms with E-state index in [1.807, 2.05) is 36.4 Å². The van der Waals surface area contributed by atoms with E-state index < -0.39 is 0 Å². The molecule has 0 aliphatic heterocycles. The van der Waals surface area contributed by atoms with E-state index in [0.29, 0.717) is 16.6 Å². The summed E-state index contributed by atoms with van der Waals surface area (Å²) in [6.45, 7) is 0.602. The van der Waals surface area contributed by atoms with Gasteiger partial charge in [-0.1, -0.05) is 41.4 Å². The first-order valence-corrected chi connectivity index (χ1v) is 6.85. The summed E-state index contributed by atoms with van der Waals surface area (Å²) < 4.78 is 0.777. The highest BCUT2D eigenvalue weighted by Crippen LogP contribution is 2.36. The highest BCUT2D eigenvalue weighted by molar-refractivity contribution is 9.10. The molecule has 0 fully saturated rings. The monoisotopic (exact) mass is 344 g/mol. The molecule has 0 aliphatic carbocycles. The van der Waals surface area contributed by atoms with Crippen LogP contribution in [0.3, 0.4) is 0 Å². The molecule has 2 nitrogen and oxygen atoms in total. The van der Waals surface area contributed by atoms with Gasteiger partial charge in [-0.25, -0.2) is 0 Å². The summed E-state index contributed by atoms with van der Waals surface area (Å²) in [5.41, 5.74) is 8.43. The Balaban J connectivity index is 2.17. The number of hydrogen-bond donors (Lipinski definition) is 2. The zero-order valence-corrected chi connectivity index (χ0v) is 12.5. The number of nitrogen functional groups attached to an aromatic ring is 1. The third kappa shape index (κ3) is 2.91. The Labute approximate surface area is 124 Å². The minimum atomic E-state index is 0.501. The Hall–Kier alpha value is -0.900. The highest BCUT2D eigenvalue weighted by atomic mass is 79.9.